The highest BCUT2D eigenvalue weighted by atomic mass is 32.2. The van der Waals surface area contributed by atoms with Crippen LogP contribution in [0.3, 0.4) is 0 Å². The lowest BCUT2D eigenvalue weighted by Crippen LogP contribution is -2.56. The van der Waals surface area contributed by atoms with E-state index in [0.29, 0.717) is 11.5 Å². The Morgan fingerprint density at radius 1 is 1.06 bits per heavy atom. The van der Waals surface area contributed by atoms with Crippen molar-refractivity contribution in [1.82, 2.24) is 9.88 Å². The van der Waals surface area contributed by atoms with Crippen molar-refractivity contribution in [3.63, 3.8) is 0 Å². The maximum Gasteiger partial charge on any atom is 0.410 e. The van der Waals surface area contributed by atoms with E-state index in [1.165, 1.54) is 29.2 Å². The number of likely N-dealkylation sites (tertiary alicyclic amines) is 1. The maximum atomic E-state index is 13.7. The van der Waals surface area contributed by atoms with Crippen LogP contribution in [0.5, 0.6) is 11.5 Å². The van der Waals surface area contributed by atoms with Gasteiger partial charge in [-0.2, -0.15) is 0 Å². The van der Waals surface area contributed by atoms with Gasteiger partial charge in [-0.1, -0.05) is 0 Å². The van der Waals surface area contributed by atoms with E-state index in [9.17, 15) is 18.0 Å². The first kappa shape index (κ1) is 25.5. The second-order valence-corrected chi connectivity index (χ2v) is 11.2. The van der Waals surface area contributed by atoms with Crippen LogP contribution in [0.25, 0.3) is 0 Å². The molecular formula is C24H30N2O7S. The molecule has 1 aromatic heterocycles. The number of hydrogen-bond donors (Lipinski definition) is 0. The van der Waals surface area contributed by atoms with Crippen LogP contribution in [-0.4, -0.2) is 60.4 Å². The zero-order chi connectivity index (χ0) is 25.0. The number of piperidine rings is 1. The summed E-state index contributed by atoms with van der Waals surface area (Å²) in [6.45, 7) is 7.03. The topological polar surface area (TPSA) is 112 Å². The number of aromatic nitrogens is 1. The van der Waals surface area contributed by atoms with Crippen LogP contribution in [0.1, 0.15) is 40.5 Å². The van der Waals surface area contributed by atoms with Gasteiger partial charge in [0.05, 0.1) is 17.7 Å². The van der Waals surface area contributed by atoms with Crippen molar-refractivity contribution in [2.75, 3.05) is 19.7 Å². The third kappa shape index (κ3) is 5.49. The fraction of sp³-hybridized carbons (Fsp3) is 0.458. The number of esters is 1. The fourth-order valence-electron chi connectivity index (χ4n) is 3.68. The number of benzene rings is 1. The third-order valence-corrected chi connectivity index (χ3v) is 7.89. The molecule has 184 valence electrons. The van der Waals surface area contributed by atoms with E-state index in [4.69, 9.17) is 14.2 Å². The molecule has 0 radical (unpaired) electrons. The number of sulfone groups is 1. The average Bonchev–Trinajstić information content (AvgIpc) is 2.79. The number of pyridine rings is 1. The average molecular weight is 491 g/mol. The van der Waals surface area contributed by atoms with Crippen LogP contribution in [0.2, 0.25) is 0 Å². The lowest BCUT2D eigenvalue weighted by atomic mass is 9.96. The zero-order valence-electron chi connectivity index (χ0n) is 19.8. The van der Waals surface area contributed by atoms with Gasteiger partial charge in [0.15, 0.2) is 14.6 Å². The van der Waals surface area contributed by atoms with Crippen molar-refractivity contribution in [1.29, 1.82) is 0 Å². The Labute approximate surface area is 199 Å². The van der Waals surface area contributed by atoms with Crippen LogP contribution >= 0.6 is 0 Å². The molecule has 1 saturated heterocycles. The highest BCUT2D eigenvalue weighted by Crippen LogP contribution is 2.38. The van der Waals surface area contributed by atoms with Crippen LogP contribution in [0.15, 0.2) is 53.7 Å². The third-order valence-electron chi connectivity index (χ3n) is 5.39. The van der Waals surface area contributed by atoms with Crippen LogP contribution in [-0.2, 0) is 24.1 Å². The zero-order valence-corrected chi connectivity index (χ0v) is 20.6. The molecule has 10 heteroatoms. The minimum Gasteiger partial charge on any atom is -0.465 e. The predicted molar refractivity (Wildman–Crippen MR) is 124 cm³/mol. The van der Waals surface area contributed by atoms with E-state index < -0.39 is 32.2 Å². The summed E-state index contributed by atoms with van der Waals surface area (Å²) in [5.41, 5.74) is -0.682. The molecule has 1 fully saturated rings. The molecule has 0 bridgehead atoms. The summed E-state index contributed by atoms with van der Waals surface area (Å²) in [4.78, 5) is 30.8. The van der Waals surface area contributed by atoms with E-state index in [1.807, 2.05) is 0 Å². The SMILES string of the molecule is CCOC(=O)C1(S(=O)(=O)c2ccc(Oc3cccnc3)cc2)CCN(C(=O)OC(C)(C)C)CC1. The monoisotopic (exact) mass is 490 g/mol. The summed E-state index contributed by atoms with van der Waals surface area (Å²) in [6, 6.07) is 9.31. The first-order chi connectivity index (χ1) is 16.0. The first-order valence-electron chi connectivity index (χ1n) is 11.1. The molecule has 0 spiro atoms. The molecule has 34 heavy (non-hydrogen) atoms. The van der Waals surface area contributed by atoms with Gasteiger partial charge in [0.1, 0.15) is 17.1 Å². The first-order valence-corrected chi connectivity index (χ1v) is 12.5. The highest BCUT2D eigenvalue weighted by Gasteiger charge is 2.54. The molecule has 2 aromatic rings. The quantitative estimate of drug-likeness (QED) is 0.559. The van der Waals surface area contributed by atoms with Gasteiger partial charge in [0.25, 0.3) is 0 Å². The number of amides is 1. The summed E-state index contributed by atoms with van der Waals surface area (Å²) >= 11 is 0. The molecule has 2 heterocycles. The molecule has 0 atom stereocenters. The molecule has 0 N–H and O–H groups in total. The van der Waals surface area contributed by atoms with Crippen molar-refractivity contribution in [2.45, 2.75) is 55.8 Å². The minimum atomic E-state index is -4.14. The minimum absolute atomic E-state index is 0.0233. The number of carbonyl (C=O) groups excluding carboxylic acids is 2. The van der Waals surface area contributed by atoms with E-state index in [-0.39, 0.29) is 37.4 Å². The summed E-state index contributed by atoms with van der Waals surface area (Å²) in [7, 11) is -4.14. The van der Waals surface area contributed by atoms with Crippen molar-refractivity contribution < 1.29 is 32.2 Å². The molecule has 1 aliphatic rings. The molecule has 3 rings (SSSR count). The number of carbonyl (C=O) groups is 2. The van der Waals surface area contributed by atoms with Gasteiger partial charge in [-0.25, -0.2) is 13.2 Å². The van der Waals surface area contributed by atoms with Gasteiger partial charge >= 0.3 is 12.1 Å². The standard InChI is InChI=1S/C24H30N2O7S/c1-5-31-21(27)24(12-15-26(16-13-24)22(28)33-23(2,3)4)34(29,30)20-10-8-18(9-11-20)32-19-7-6-14-25-17-19/h6-11,14,17H,5,12-13,15-16H2,1-4H3. The van der Waals surface area contributed by atoms with Gasteiger partial charge < -0.3 is 19.1 Å². The second kappa shape index (κ2) is 10.0. The number of ether oxygens (including phenoxy) is 3. The van der Waals surface area contributed by atoms with Gasteiger partial charge in [-0.3, -0.25) is 9.78 Å². The summed E-state index contributed by atoms with van der Waals surface area (Å²) < 4.78 is 41.9. The Balaban J connectivity index is 1.84. The van der Waals surface area contributed by atoms with Crippen LogP contribution in [0, 0.1) is 0 Å². The van der Waals surface area contributed by atoms with Crippen LogP contribution < -0.4 is 4.74 Å². The molecule has 0 saturated carbocycles. The van der Waals surface area contributed by atoms with Gasteiger partial charge in [0.2, 0.25) is 0 Å². The molecular weight excluding hydrogens is 460 g/mol. The predicted octanol–water partition coefficient (Wildman–Crippen LogP) is 3.98. The molecule has 9 nitrogen and oxygen atoms in total. The molecule has 1 amide bonds. The van der Waals surface area contributed by atoms with E-state index in [0.717, 1.165) is 0 Å². The van der Waals surface area contributed by atoms with E-state index in [2.05, 4.69) is 4.98 Å². The number of hydrogen-bond acceptors (Lipinski definition) is 8. The lowest BCUT2D eigenvalue weighted by Gasteiger charge is -2.39. The van der Waals surface area contributed by atoms with Gasteiger partial charge in [-0.15, -0.1) is 0 Å². The van der Waals surface area contributed by atoms with Gasteiger partial charge in [-0.05, 0) is 76.9 Å². The fourth-order valence-corrected chi connectivity index (χ4v) is 5.62. The summed E-state index contributed by atoms with van der Waals surface area (Å²) in [5, 5.41) is 0. The molecule has 0 unspecified atom stereocenters. The normalized spacial score (nSPS) is 15.9. The Hall–Kier alpha value is -3.14. The molecule has 1 aliphatic heterocycles. The lowest BCUT2D eigenvalue weighted by molar-refractivity contribution is -0.147. The van der Waals surface area contributed by atoms with Crippen molar-refractivity contribution in [3.05, 3.63) is 48.8 Å². The van der Waals surface area contributed by atoms with Crippen LogP contribution in [0.4, 0.5) is 4.79 Å². The van der Waals surface area contributed by atoms with E-state index >= 15 is 0 Å². The Bertz CT molecular complexity index is 1100. The maximum absolute atomic E-state index is 13.7. The Kier molecular flexibility index (Phi) is 7.50. The van der Waals surface area contributed by atoms with Crippen molar-refractivity contribution >= 4 is 21.9 Å². The largest absolute Gasteiger partial charge is 0.465 e. The van der Waals surface area contributed by atoms with Crippen molar-refractivity contribution in [2.24, 2.45) is 0 Å². The Morgan fingerprint density at radius 3 is 2.24 bits per heavy atom. The van der Waals surface area contributed by atoms with Crippen molar-refractivity contribution in [3.8, 4) is 11.5 Å². The number of nitrogens with zero attached hydrogens (tertiary/aromatic N) is 2. The Morgan fingerprint density at radius 2 is 1.71 bits per heavy atom. The molecule has 1 aromatic carbocycles. The smallest absolute Gasteiger partial charge is 0.410 e. The van der Waals surface area contributed by atoms with E-state index in [1.54, 1.807) is 52.2 Å². The molecule has 0 aliphatic carbocycles. The summed E-state index contributed by atoms with van der Waals surface area (Å²) in [5.74, 6) is 0.127. The number of rotatable bonds is 6. The summed E-state index contributed by atoms with van der Waals surface area (Å²) in [6.07, 6.45) is 2.42. The second-order valence-electron chi connectivity index (χ2n) is 8.95. The van der Waals surface area contributed by atoms with Gasteiger partial charge in [0, 0.05) is 19.3 Å². The highest BCUT2D eigenvalue weighted by molar-refractivity contribution is 7.93.